The Balaban J connectivity index is 2.74. The second kappa shape index (κ2) is 7.13. The number of nitrogens with two attached hydrogens (primary N) is 1. The van der Waals surface area contributed by atoms with Gasteiger partial charge in [0.15, 0.2) is 0 Å². The first kappa shape index (κ1) is 14.7. The van der Waals surface area contributed by atoms with Crippen LogP contribution in [-0.2, 0) is 6.54 Å². The zero-order valence-corrected chi connectivity index (χ0v) is 11.1. The minimum absolute atomic E-state index is 0.218. The third-order valence-electron chi connectivity index (χ3n) is 3.10. The molecule has 0 aliphatic rings. The van der Waals surface area contributed by atoms with Gasteiger partial charge in [0.25, 0.3) is 0 Å². The summed E-state index contributed by atoms with van der Waals surface area (Å²) in [5.41, 5.74) is 8.07. The van der Waals surface area contributed by atoms with E-state index in [1.165, 1.54) is 5.56 Å². The molecule has 0 fully saturated rings. The van der Waals surface area contributed by atoms with Gasteiger partial charge in [0.05, 0.1) is 0 Å². The molecule has 0 aromatic heterocycles. The van der Waals surface area contributed by atoms with Gasteiger partial charge in [-0.1, -0.05) is 13.0 Å². The van der Waals surface area contributed by atoms with Crippen molar-refractivity contribution in [2.45, 2.75) is 26.8 Å². The molecule has 0 spiro atoms. The van der Waals surface area contributed by atoms with Crippen LogP contribution in [0, 0.1) is 6.92 Å². The Morgan fingerprint density at radius 2 is 2.17 bits per heavy atom. The van der Waals surface area contributed by atoms with E-state index in [-0.39, 0.29) is 6.61 Å². The molecular formula is C14H22N2O2. The van der Waals surface area contributed by atoms with Gasteiger partial charge in [0.2, 0.25) is 5.91 Å². The molecule has 1 aromatic carbocycles. The molecule has 0 saturated heterocycles. The lowest BCUT2D eigenvalue weighted by atomic mass is 10.0. The Morgan fingerprint density at radius 1 is 1.44 bits per heavy atom. The van der Waals surface area contributed by atoms with E-state index >= 15 is 0 Å². The third kappa shape index (κ3) is 4.13. The SMILES string of the molecule is CCN(CCCO)Cc1ccc(C(N)=O)cc1C. The van der Waals surface area contributed by atoms with Crippen LogP contribution >= 0.6 is 0 Å². The largest absolute Gasteiger partial charge is 0.396 e. The molecule has 0 saturated carbocycles. The number of nitrogens with zero attached hydrogens (tertiary/aromatic N) is 1. The van der Waals surface area contributed by atoms with E-state index in [9.17, 15) is 4.79 Å². The molecule has 0 heterocycles. The van der Waals surface area contributed by atoms with Crippen LogP contribution < -0.4 is 5.73 Å². The molecule has 3 N–H and O–H groups in total. The van der Waals surface area contributed by atoms with Crippen molar-refractivity contribution in [3.05, 3.63) is 34.9 Å². The smallest absolute Gasteiger partial charge is 0.248 e. The first-order valence-electron chi connectivity index (χ1n) is 6.31. The number of hydrogen-bond donors (Lipinski definition) is 2. The molecule has 0 radical (unpaired) electrons. The van der Waals surface area contributed by atoms with Crippen LogP contribution in [-0.4, -0.2) is 35.6 Å². The number of primary amides is 1. The van der Waals surface area contributed by atoms with Crippen LogP contribution in [0.5, 0.6) is 0 Å². The second-order valence-corrected chi connectivity index (χ2v) is 4.45. The van der Waals surface area contributed by atoms with Crippen molar-refractivity contribution in [1.82, 2.24) is 4.90 Å². The maximum atomic E-state index is 11.1. The molecule has 1 rings (SSSR count). The second-order valence-electron chi connectivity index (χ2n) is 4.45. The van der Waals surface area contributed by atoms with Crippen molar-refractivity contribution >= 4 is 5.91 Å². The predicted molar refractivity (Wildman–Crippen MR) is 72.4 cm³/mol. The summed E-state index contributed by atoms with van der Waals surface area (Å²) in [5.74, 6) is -0.391. The molecule has 18 heavy (non-hydrogen) atoms. The van der Waals surface area contributed by atoms with Gasteiger partial charge in [-0.25, -0.2) is 0 Å². The van der Waals surface area contributed by atoms with Crippen molar-refractivity contribution in [1.29, 1.82) is 0 Å². The lowest BCUT2D eigenvalue weighted by Crippen LogP contribution is -2.25. The van der Waals surface area contributed by atoms with E-state index < -0.39 is 5.91 Å². The first-order chi connectivity index (χ1) is 8.58. The molecule has 0 bridgehead atoms. The van der Waals surface area contributed by atoms with Gasteiger partial charge in [0.1, 0.15) is 0 Å². The van der Waals surface area contributed by atoms with Crippen molar-refractivity contribution < 1.29 is 9.90 Å². The summed E-state index contributed by atoms with van der Waals surface area (Å²) >= 11 is 0. The van der Waals surface area contributed by atoms with E-state index in [0.717, 1.165) is 31.6 Å². The van der Waals surface area contributed by atoms with Crippen LogP contribution in [0.25, 0.3) is 0 Å². The average Bonchev–Trinajstić information content (AvgIpc) is 2.35. The highest BCUT2D eigenvalue weighted by atomic mass is 16.3. The Hall–Kier alpha value is -1.39. The van der Waals surface area contributed by atoms with E-state index in [1.54, 1.807) is 6.07 Å². The molecule has 4 heteroatoms. The quantitative estimate of drug-likeness (QED) is 0.766. The van der Waals surface area contributed by atoms with E-state index in [2.05, 4.69) is 11.8 Å². The number of benzene rings is 1. The predicted octanol–water partition coefficient (Wildman–Crippen LogP) is 1.30. The average molecular weight is 250 g/mol. The number of rotatable bonds is 7. The van der Waals surface area contributed by atoms with Gasteiger partial charge in [-0.3, -0.25) is 9.69 Å². The van der Waals surface area contributed by atoms with E-state index in [0.29, 0.717) is 5.56 Å². The lowest BCUT2D eigenvalue weighted by molar-refractivity contribution is 0.1000. The molecule has 0 unspecified atom stereocenters. The van der Waals surface area contributed by atoms with Gasteiger partial charge < -0.3 is 10.8 Å². The summed E-state index contributed by atoms with van der Waals surface area (Å²) in [5, 5.41) is 8.85. The van der Waals surface area contributed by atoms with Gasteiger partial charge in [-0.05, 0) is 43.1 Å². The Labute approximate surface area is 108 Å². The third-order valence-corrected chi connectivity index (χ3v) is 3.10. The van der Waals surface area contributed by atoms with Crippen molar-refractivity contribution in [3.63, 3.8) is 0 Å². The maximum absolute atomic E-state index is 11.1. The lowest BCUT2D eigenvalue weighted by Gasteiger charge is -2.21. The summed E-state index contributed by atoms with van der Waals surface area (Å²) < 4.78 is 0. The number of aliphatic hydroxyl groups is 1. The minimum Gasteiger partial charge on any atom is -0.396 e. The number of carbonyl (C=O) groups excluding carboxylic acids is 1. The summed E-state index contributed by atoms with van der Waals surface area (Å²) in [6.07, 6.45) is 0.784. The molecule has 4 nitrogen and oxygen atoms in total. The number of amides is 1. The maximum Gasteiger partial charge on any atom is 0.248 e. The Kier molecular flexibility index (Phi) is 5.82. The minimum atomic E-state index is -0.391. The van der Waals surface area contributed by atoms with E-state index in [4.69, 9.17) is 10.8 Å². The number of aryl methyl sites for hydroxylation is 1. The van der Waals surface area contributed by atoms with E-state index in [1.807, 2.05) is 19.1 Å². The normalized spacial score (nSPS) is 10.9. The Morgan fingerprint density at radius 3 is 2.67 bits per heavy atom. The fourth-order valence-corrected chi connectivity index (χ4v) is 1.91. The van der Waals surface area contributed by atoms with Crippen molar-refractivity contribution in [3.8, 4) is 0 Å². The van der Waals surface area contributed by atoms with Crippen LogP contribution in [0.1, 0.15) is 34.8 Å². The highest BCUT2D eigenvalue weighted by Gasteiger charge is 2.08. The molecule has 1 aromatic rings. The topological polar surface area (TPSA) is 66.6 Å². The van der Waals surface area contributed by atoms with Crippen LogP contribution in [0.2, 0.25) is 0 Å². The highest BCUT2D eigenvalue weighted by Crippen LogP contribution is 2.13. The van der Waals surface area contributed by atoms with Crippen LogP contribution in [0.4, 0.5) is 0 Å². The molecular weight excluding hydrogens is 228 g/mol. The van der Waals surface area contributed by atoms with Crippen molar-refractivity contribution in [2.24, 2.45) is 5.73 Å². The number of aliphatic hydroxyl groups excluding tert-OH is 1. The van der Waals surface area contributed by atoms with Crippen molar-refractivity contribution in [2.75, 3.05) is 19.7 Å². The van der Waals surface area contributed by atoms with Gasteiger partial charge in [0, 0.05) is 25.3 Å². The zero-order chi connectivity index (χ0) is 13.5. The van der Waals surface area contributed by atoms with Crippen LogP contribution in [0.3, 0.4) is 0 Å². The number of hydrogen-bond acceptors (Lipinski definition) is 3. The Bertz CT molecular complexity index is 405. The zero-order valence-electron chi connectivity index (χ0n) is 11.1. The van der Waals surface area contributed by atoms with Crippen LogP contribution in [0.15, 0.2) is 18.2 Å². The molecule has 100 valence electrons. The highest BCUT2D eigenvalue weighted by molar-refractivity contribution is 5.93. The summed E-state index contributed by atoms with van der Waals surface area (Å²) in [4.78, 5) is 13.3. The van der Waals surface area contributed by atoms with Gasteiger partial charge >= 0.3 is 0 Å². The summed E-state index contributed by atoms with van der Waals surface area (Å²) in [7, 11) is 0. The molecule has 0 aliphatic heterocycles. The monoisotopic (exact) mass is 250 g/mol. The summed E-state index contributed by atoms with van der Waals surface area (Å²) in [6.45, 7) is 6.96. The fourth-order valence-electron chi connectivity index (χ4n) is 1.91. The fraction of sp³-hybridized carbons (Fsp3) is 0.500. The van der Waals surface area contributed by atoms with Gasteiger partial charge in [-0.2, -0.15) is 0 Å². The molecule has 0 aliphatic carbocycles. The van der Waals surface area contributed by atoms with Gasteiger partial charge in [-0.15, -0.1) is 0 Å². The molecule has 0 atom stereocenters. The molecule has 1 amide bonds. The number of carbonyl (C=O) groups is 1. The first-order valence-corrected chi connectivity index (χ1v) is 6.31. The standard InChI is InChI=1S/C14H22N2O2/c1-3-16(7-4-8-17)10-13-6-5-12(14(15)18)9-11(13)2/h5-6,9,17H,3-4,7-8,10H2,1-2H3,(H2,15,18). The summed E-state index contributed by atoms with van der Waals surface area (Å²) in [6, 6.07) is 5.55.